The molecule has 3 atom stereocenters. The van der Waals surface area contributed by atoms with Crippen molar-refractivity contribution in [3.63, 3.8) is 0 Å². The van der Waals surface area contributed by atoms with Crippen molar-refractivity contribution in [2.24, 2.45) is 5.92 Å². The van der Waals surface area contributed by atoms with Gasteiger partial charge in [0.15, 0.2) is 0 Å². The highest BCUT2D eigenvalue weighted by molar-refractivity contribution is 5.25. The van der Waals surface area contributed by atoms with E-state index in [0.717, 1.165) is 18.5 Å². The molecular weight excluding hydrogens is 226 g/mol. The summed E-state index contributed by atoms with van der Waals surface area (Å²) in [6.45, 7) is 3.53. The summed E-state index contributed by atoms with van der Waals surface area (Å²) in [7, 11) is 1.64. The third-order valence-electron chi connectivity index (χ3n) is 3.88. The van der Waals surface area contributed by atoms with Gasteiger partial charge >= 0.3 is 0 Å². The predicted molar refractivity (Wildman–Crippen MR) is 72.4 cm³/mol. The van der Waals surface area contributed by atoms with Crippen molar-refractivity contribution in [2.75, 3.05) is 20.3 Å². The fourth-order valence-corrected chi connectivity index (χ4v) is 2.80. The molecule has 18 heavy (non-hydrogen) atoms. The van der Waals surface area contributed by atoms with Gasteiger partial charge in [0, 0.05) is 13.2 Å². The molecule has 1 fully saturated rings. The number of methoxy groups -OCH3 is 1. The number of hydrogen-bond acceptors (Lipinski definition) is 3. The standard InChI is InChI=1S/C15H23NO2/c1-12-8-9-16-14(10-12)15(17,11-18-2)13-6-4-3-5-7-13/h3-7,12,14,16-17H,8-11H2,1-2H3. The molecule has 1 aliphatic rings. The first kappa shape index (κ1) is 13.5. The Morgan fingerprint density at radius 1 is 1.39 bits per heavy atom. The summed E-state index contributed by atoms with van der Waals surface area (Å²) >= 11 is 0. The van der Waals surface area contributed by atoms with Gasteiger partial charge in [0.2, 0.25) is 0 Å². The zero-order valence-corrected chi connectivity index (χ0v) is 11.2. The van der Waals surface area contributed by atoms with Gasteiger partial charge in [-0.2, -0.15) is 0 Å². The predicted octanol–water partition coefficient (Wildman–Crippen LogP) is 1.91. The Bertz CT molecular complexity index is 368. The third-order valence-corrected chi connectivity index (χ3v) is 3.88. The van der Waals surface area contributed by atoms with Crippen LogP contribution in [0.15, 0.2) is 30.3 Å². The second kappa shape index (κ2) is 5.83. The number of ether oxygens (including phenoxy) is 1. The lowest BCUT2D eigenvalue weighted by Crippen LogP contribution is -2.54. The zero-order chi connectivity index (χ0) is 13.0. The van der Waals surface area contributed by atoms with Gasteiger partial charge in [0.1, 0.15) is 5.60 Å². The first-order valence-corrected chi connectivity index (χ1v) is 6.67. The number of aliphatic hydroxyl groups is 1. The maximum Gasteiger partial charge on any atom is 0.128 e. The van der Waals surface area contributed by atoms with Gasteiger partial charge < -0.3 is 15.2 Å². The molecule has 1 heterocycles. The summed E-state index contributed by atoms with van der Waals surface area (Å²) in [4.78, 5) is 0. The minimum Gasteiger partial charge on any atom is -0.381 e. The quantitative estimate of drug-likeness (QED) is 0.856. The van der Waals surface area contributed by atoms with Crippen LogP contribution in [0.4, 0.5) is 0 Å². The molecule has 0 aliphatic carbocycles. The van der Waals surface area contributed by atoms with Crippen LogP contribution in [0.3, 0.4) is 0 Å². The SMILES string of the molecule is COCC(O)(c1ccccc1)C1CC(C)CCN1. The highest BCUT2D eigenvalue weighted by atomic mass is 16.5. The minimum absolute atomic E-state index is 0.0589. The van der Waals surface area contributed by atoms with Crippen molar-refractivity contribution in [1.29, 1.82) is 0 Å². The minimum atomic E-state index is -0.940. The average molecular weight is 249 g/mol. The van der Waals surface area contributed by atoms with E-state index in [1.807, 2.05) is 30.3 Å². The van der Waals surface area contributed by atoms with E-state index in [1.54, 1.807) is 7.11 Å². The highest BCUT2D eigenvalue weighted by Gasteiger charge is 2.40. The Morgan fingerprint density at radius 2 is 2.11 bits per heavy atom. The summed E-state index contributed by atoms with van der Waals surface area (Å²) < 4.78 is 5.26. The van der Waals surface area contributed by atoms with E-state index in [4.69, 9.17) is 4.74 Å². The smallest absolute Gasteiger partial charge is 0.128 e. The number of rotatable bonds is 4. The number of benzene rings is 1. The van der Waals surface area contributed by atoms with Crippen LogP contribution in [0.5, 0.6) is 0 Å². The summed E-state index contributed by atoms with van der Waals surface area (Å²) in [5.74, 6) is 0.642. The van der Waals surface area contributed by atoms with Crippen LogP contribution in [0.1, 0.15) is 25.3 Å². The lowest BCUT2D eigenvalue weighted by Gasteiger charge is -2.40. The summed E-state index contributed by atoms with van der Waals surface area (Å²) in [5.41, 5.74) is -0.0107. The molecule has 0 radical (unpaired) electrons. The molecule has 0 aromatic heterocycles. The van der Waals surface area contributed by atoms with Gasteiger partial charge in [-0.05, 0) is 30.9 Å². The molecule has 1 saturated heterocycles. The first-order valence-electron chi connectivity index (χ1n) is 6.67. The molecule has 0 saturated carbocycles. The van der Waals surface area contributed by atoms with E-state index in [0.29, 0.717) is 12.5 Å². The third kappa shape index (κ3) is 2.74. The fraction of sp³-hybridized carbons (Fsp3) is 0.600. The highest BCUT2D eigenvalue weighted by Crippen LogP contribution is 2.31. The van der Waals surface area contributed by atoms with Crippen LogP contribution in [-0.2, 0) is 10.3 Å². The molecule has 3 heteroatoms. The molecule has 100 valence electrons. The molecule has 1 aromatic carbocycles. The Balaban J connectivity index is 2.25. The Hall–Kier alpha value is -0.900. The topological polar surface area (TPSA) is 41.5 Å². The van der Waals surface area contributed by atoms with Crippen LogP contribution >= 0.6 is 0 Å². The maximum absolute atomic E-state index is 11.0. The maximum atomic E-state index is 11.0. The van der Waals surface area contributed by atoms with Gasteiger partial charge in [0.25, 0.3) is 0 Å². The average Bonchev–Trinajstić information content (AvgIpc) is 2.40. The number of nitrogens with one attached hydrogen (secondary N) is 1. The van der Waals surface area contributed by atoms with Gasteiger partial charge in [-0.1, -0.05) is 37.3 Å². The van der Waals surface area contributed by atoms with E-state index in [9.17, 15) is 5.11 Å². The first-order chi connectivity index (χ1) is 8.66. The van der Waals surface area contributed by atoms with Gasteiger partial charge in [-0.15, -0.1) is 0 Å². The van der Waals surface area contributed by atoms with E-state index >= 15 is 0 Å². The summed E-state index contributed by atoms with van der Waals surface area (Å²) in [5, 5.41) is 14.5. The van der Waals surface area contributed by atoms with Crippen molar-refractivity contribution in [1.82, 2.24) is 5.32 Å². The van der Waals surface area contributed by atoms with E-state index < -0.39 is 5.60 Å². The number of hydrogen-bond donors (Lipinski definition) is 2. The molecule has 2 N–H and O–H groups in total. The lowest BCUT2D eigenvalue weighted by atomic mass is 9.79. The molecule has 3 nitrogen and oxygen atoms in total. The number of piperidine rings is 1. The lowest BCUT2D eigenvalue weighted by molar-refractivity contribution is -0.0731. The molecule has 1 aromatic rings. The second-order valence-corrected chi connectivity index (χ2v) is 5.36. The molecular formula is C15H23NO2. The van der Waals surface area contributed by atoms with Crippen LogP contribution < -0.4 is 5.32 Å². The zero-order valence-electron chi connectivity index (χ0n) is 11.2. The van der Waals surface area contributed by atoms with E-state index in [2.05, 4.69) is 12.2 Å². The molecule has 1 aliphatic heterocycles. The van der Waals surface area contributed by atoms with Gasteiger partial charge in [-0.25, -0.2) is 0 Å². The normalized spacial score (nSPS) is 27.7. The fourth-order valence-electron chi connectivity index (χ4n) is 2.80. The van der Waals surface area contributed by atoms with Gasteiger partial charge in [-0.3, -0.25) is 0 Å². The van der Waals surface area contributed by atoms with Crippen molar-refractivity contribution in [2.45, 2.75) is 31.4 Å². The van der Waals surface area contributed by atoms with Crippen LogP contribution in [-0.4, -0.2) is 31.4 Å². The van der Waals surface area contributed by atoms with Crippen LogP contribution in [0.2, 0.25) is 0 Å². The molecule has 0 amide bonds. The van der Waals surface area contributed by atoms with E-state index in [-0.39, 0.29) is 6.04 Å². The van der Waals surface area contributed by atoms with Crippen molar-refractivity contribution >= 4 is 0 Å². The largest absolute Gasteiger partial charge is 0.381 e. The monoisotopic (exact) mass is 249 g/mol. The van der Waals surface area contributed by atoms with Crippen molar-refractivity contribution in [3.05, 3.63) is 35.9 Å². The Labute approximate surface area is 109 Å². The van der Waals surface area contributed by atoms with E-state index in [1.165, 1.54) is 6.42 Å². The van der Waals surface area contributed by atoms with Gasteiger partial charge in [0.05, 0.1) is 6.61 Å². The molecule has 2 rings (SSSR count). The molecule has 3 unspecified atom stereocenters. The molecule has 0 spiro atoms. The second-order valence-electron chi connectivity index (χ2n) is 5.36. The van der Waals surface area contributed by atoms with Crippen LogP contribution in [0.25, 0.3) is 0 Å². The van der Waals surface area contributed by atoms with Crippen molar-refractivity contribution < 1.29 is 9.84 Å². The summed E-state index contributed by atoms with van der Waals surface area (Å²) in [6, 6.07) is 9.89. The van der Waals surface area contributed by atoms with Crippen LogP contribution in [0, 0.1) is 5.92 Å². The van der Waals surface area contributed by atoms with Crippen molar-refractivity contribution in [3.8, 4) is 0 Å². The Morgan fingerprint density at radius 3 is 2.72 bits per heavy atom. The summed E-state index contributed by atoms with van der Waals surface area (Å²) in [6.07, 6.45) is 2.16. The molecule has 0 bridgehead atoms. The Kier molecular flexibility index (Phi) is 4.38.